The molecule has 1 aromatic carbocycles. The van der Waals surface area contributed by atoms with Gasteiger partial charge in [0, 0.05) is 18.1 Å². The molecule has 1 heterocycles. The first-order valence-corrected chi connectivity index (χ1v) is 8.15. The molecule has 1 N–H and O–H groups in total. The van der Waals surface area contributed by atoms with Crippen LogP contribution >= 0.6 is 0 Å². The predicted octanol–water partition coefficient (Wildman–Crippen LogP) is 1.80. The molecule has 22 heavy (non-hydrogen) atoms. The van der Waals surface area contributed by atoms with Crippen molar-refractivity contribution in [2.45, 2.75) is 24.5 Å². The van der Waals surface area contributed by atoms with E-state index in [0.29, 0.717) is 11.5 Å². The lowest BCUT2D eigenvalue weighted by molar-refractivity contribution is -0.384. The van der Waals surface area contributed by atoms with Crippen molar-refractivity contribution in [1.29, 1.82) is 0 Å². The van der Waals surface area contributed by atoms with Crippen LogP contribution in [0, 0.1) is 10.1 Å². The molecule has 0 bridgehead atoms. The molecule has 1 aliphatic carbocycles. The van der Waals surface area contributed by atoms with Crippen molar-refractivity contribution in [2.75, 3.05) is 4.72 Å². The number of rotatable bonds is 6. The Bertz CT molecular complexity index is 812. The third-order valence-corrected chi connectivity index (χ3v) is 4.30. The maximum Gasteiger partial charge on any atom is 0.277 e. The zero-order chi connectivity index (χ0) is 15.7. The maximum absolute atomic E-state index is 12.0. The largest absolute Gasteiger partial charge is 0.337 e. The minimum Gasteiger partial charge on any atom is -0.337 e. The quantitative estimate of drug-likeness (QED) is 0.633. The number of nitrogens with zero attached hydrogens (tertiary/aromatic N) is 3. The van der Waals surface area contributed by atoms with Gasteiger partial charge in [-0.1, -0.05) is 12.1 Å². The van der Waals surface area contributed by atoms with Crippen LogP contribution in [0.15, 0.2) is 28.8 Å². The zero-order valence-electron chi connectivity index (χ0n) is 11.3. The van der Waals surface area contributed by atoms with Crippen molar-refractivity contribution in [1.82, 2.24) is 10.1 Å². The molecular formula is C12H12N4O5S. The van der Waals surface area contributed by atoms with Crippen LogP contribution in [0.4, 0.5) is 11.6 Å². The first-order valence-electron chi connectivity index (χ1n) is 6.50. The Balaban J connectivity index is 1.72. The highest BCUT2D eigenvalue weighted by Gasteiger charge is 2.30. The summed E-state index contributed by atoms with van der Waals surface area (Å²) in [6, 6.07) is 5.44. The van der Waals surface area contributed by atoms with Crippen molar-refractivity contribution in [2.24, 2.45) is 0 Å². The van der Waals surface area contributed by atoms with Crippen molar-refractivity contribution >= 4 is 21.7 Å². The number of aromatic nitrogens is 2. The average Bonchev–Trinajstić information content (AvgIpc) is 3.19. The number of non-ortho nitro benzene ring substituents is 1. The molecule has 0 radical (unpaired) electrons. The fraction of sp³-hybridized carbons (Fsp3) is 0.333. The van der Waals surface area contributed by atoms with Crippen LogP contribution in [0.2, 0.25) is 0 Å². The van der Waals surface area contributed by atoms with Gasteiger partial charge < -0.3 is 4.52 Å². The first kappa shape index (κ1) is 14.4. The molecule has 2 aromatic rings. The summed E-state index contributed by atoms with van der Waals surface area (Å²) in [4.78, 5) is 14.1. The average molecular weight is 324 g/mol. The fourth-order valence-electron chi connectivity index (χ4n) is 1.93. The van der Waals surface area contributed by atoms with Crippen LogP contribution in [0.1, 0.15) is 30.2 Å². The van der Waals surface area contributed by atoms with E-state index in [1.165, 1.54) is 24.3 Å². The van der Waals surface area contributed by atoms with Gasteiger partial charge >= 0.3 is 0 Å². The molecule has 0 atom stereocenters. The lowest BCUT2D eigenvalue weighted by Gasteiger charge is -2.04. The molecule has 0 spiro atoms. The van der Waals surface area contributed by atoms with Crippen LogP contribution in [0.25, 0.3) is 0 Å². The van der Waals surface area contributed by atoms with E-state index in [0.717, 1.165) is 12.8 Å². The second-order valence-electron chi connectivity index (χ2n) is 5.02. The Hall–Kier alpha value is -2.49. The molecule has 0 aliphatic heterocycles. The van der Waals surface area contributed by atoms with Crippen molar-refractivity contribution in [3.05, 3.63) is 45.8 Å². The second-order valence-corrected chi connectivity index (χ2v) is 6.74. The van der Waals surface area contributed by atoms with E-state index in [4.69, 9.17) is 4.52 Å². The van der Waals surface area contributed by atoms with E-state index in [1.807, 2.05) is 0 Å². The van der Waals surface area contributed by atoms with Crippen molar-refractivity contribution in [3.8, 4) is 0 Å². The standard InChI is InChI=1S/C12H12N4O5S/c17-16(18)10-3-1-2-8(6-10)7-22(19,20)15-12-13-11(21-14-12)9-4-5-9/h1-3,6,9H,4-5,7H2,(H,14,15). The highest BCUT2D eigenvalue weighted by atomic mass is 32.2. The smallest absolute Gasteiger partial charge is 0.277 e. The summed E-state index contributed by atoms with van der Waals surface area (Å²) >= 11 is 0. The molecule has 1 fully saturated rings. The molecule has 0 amide bonds. The molecule has 1 aromatic heterocycles. The fourth-order valence-corrected chi connectivity index (χ4v) is 2.98. The summed E-state index contributed by atoms with van der Waals surface area (Å²) in [6.45, 7) is 0. The normalized spacial score (nSPS) is 14.7. The van der Waals surface area contributed by atoms with Crippen LogP contribution in [0.5, 0.6) is 0 Å². The van der Waals surface area contributed by atoms with Gasteiger partial charge in [0.15, 0.2) is 0 Å². The Labute approximate surface area is 125 Å². The Morgan fingerprint density at radius 3 is 2.86 bits per heavy atom. The van der Waals surface area contributed by atoms with Gasteiger partial charge in [0.1, 0.15) is 0 Å². The van der Waals surface area contributed by atoms with Crippen LogP contribution in [-0.2, 0) is 15.8 Å². The lowest BCUT2D eigenvalue weighted by atomic mass is 10.2. The van der Waals surface area contributed by atoms with Gasteiger partial charge in [0.05, 0.1) is 10.7 Å². The Kier molecular flexibility index (Phi) is 3.53. The third-order valence-electron chi connectivity index (χ3n) is 3.09. The minimum absolute atomic E-state index is 0.118. The third kappa shape index (κ3) is 3.39. The van der Waals surface area contributed by atoms with E-state index in [2.05, 4.69) is 14.9 Å². The lowest BCUT2D eigenvalue weighted by Crippen LogP contribution is -2.16. The maximum atomic E-state index is 12.0. The van der Waals surface area contributed by atoms with E-state index < -0.39 is 20.7 Å². The van der Waals surface area contributed by atoms with E-state index >= 15 is 0 Å². The highest BCUT2D eigenvalue weighted by Crippen LogP contribution is 2.39. The van der Waals surface area contributed by atoms with Gasteiger partial charge in [-0.15, -0.1) is 0 Å². The topological polar surface area (TPSA) is 128 Å². The van der Waals surface area contributed by atoms with Crippen molar-refractivity contribution in [3.63, 3.8) is 0 Å². The number of anilines is 1. The molecule has 1 saturated carbocycles. The number of nitrogens with one attached hydrogen (secondary N) is 1. The van der Waals surface area contributed by atoms with E-state index in [-0.39, 0.29) is 17.6 Å². The summed E-state index contributed by atoms with van der Waals surface area (Å²) in [5.41, 5.74) is 0.135. The van der Waals surface area contributed by atoms with Crippen LogP contribution in [-0.4, -0.2) is 23.5 Å². The predicted molar refractivity (Wildman–Crippen MR) is 75.6 cm³/mol. The number of hydrogen-bond donors (Lipinski definition) is 1. The molecule has 0 unspecified atom stereocenters. The number of hydrogen-bond acceptors (Lipinski definition) is 7. The van der Waals surface area contributed by atoms with E-state index in [9.17, 15) is 18.5 Å². The van der Waals surface area contributed by atoms with Gasteiger partial charge in [-0.05, 0) is 23.6 Å². The van der Waals surface area contributed by atoms with Gasteiger partial charge in [-0.2, -0.15) is 4.98 Å². The molecule has 10 heteroatoms. The minimum atomic E-state index is -3.78. The van der Waals surface area contributed by atoms with Gasteiger partial charge in [-0.3, -0.25) is 10.1 Å². The van der Waals surface area contributed by atoms with E-state index in [1.54, 1.807) is 0 Å². The molecule has 116 valence electrons. The summed E-state index contributed by atoms with van der Waals surface area (Å²) in [7, 11) is -3.78. The summed E-state index contributed by atoms with van der Waals surface area (Å²) in [5, 5.41) is 14.3. The molecular weight excluding hydrogens is 312 g/mol. The zero-order valence-corrected chi connectivity index (χ0v) is 12.1. The summed E-state index contributed by atoms with van der Waals surface area (Å²) in [5.74, 6) is 0.116. The van der Waals surface area contributed by atoms with Gasteiger partial charge in [0.2, 0.25) is 15.9 Å². The van der Waals surface area contributed by atoms with Crippen LogP contribution < -0.4 is 4.72 Å². The number of sulfonamides is 1. The number of benzene rings is 1. The number of nitro benzene ring substituents is 1. The monoisotopic (exact) mass is 324 g/mol. The molecule has 3 rings (SSSR count). The summed E-state index contributed by atoms with van der Waals surface area (Å²) < 4.78 is 31.2. The molecule has 1 aliphatic rings. The Morgan fingerprint density at radius 1 is 1.41 bits per heavy atom. The molecule has 9 nitrogen and oxygen atoms in total. The SMILES string of the molecule is O=[N+]([O-])c1cccc(CS(=O)(=O)Nc2noc(C3CC3)n2)c1. The van der Waals surface area contributed by atoms with Crippen LogP contribution in [0.3, 0.4) is 0 Å². The number of nitro groups is 1. The molecule has 0 saturated heterocycles. The Morgan fingerprint density at radius 2 is 2.18 bits per heavy atom. The summed E-state index contributed by atoms with van der Waals surface area (Å²) in [6.07, 6.45) is 1.92. The first-order chi connectivity index (χ1) is 10.4. The highest BCUT2D eigenvalue weighted by molar-refractivity contribution is 7.91. The van der Waals surface area contributed by atoms with Crippen molar-refractivity contribution < 1.29 is 17.9 Å². The van der Waals surface area contributed by atoms with Gasteiger partial charge in [0.25, 0.3) is 11.6 Å². The second kappa shape index (κ2) is 5.37. The van der Waals surface area contributed by atoms with Gasteiger partial charge in [-0.25, -0.2) is 13.1 Å².